The number of alkyl halides is 1. The van der Waals surface area contributed by atoms with Crippen molar-refractivity contribution in [1.82, 2.24) is 10.6 Å². The lowest BCUT2D eigenvalue weighted by Gasteiger charge is -2.23. The second-order valence-electron chi connectivity index (χ2n) is 8.02. The zero-order chi connectivity index (χ0) is 24.3. The molecule has 3 aromatic carbocycles. The lowest BCUT2D eigenvalue weighted by Crippen LogP contribution is -2.51. The van der Waals surface area contributed by atoms with Crippen LogP contribution in [0.3, 0.4) is 0 Å². The summed E-state index contributed by atoms with van der Waals surface area (Å²) in [6.07, 6.45) is 0.926. The fourth-order valence-corrected chi connectivity index (χ4v) is 3.74. The maximum absolute atomic E-state index is 13.2. The Morgan fingerprint density at radius 2 is 1.32 bits per heavy atom. The van der Waals surface area contributed by atoms with Gasteiger partial charge in [0, 0.05) is 36.5 Å². The van der Waals surface area contributed by atoms with E-state index >= 15 is 0 Å². The average Bonchev–Trinajstić information content (AvgIpc) is 2.84. The molecule has 0 saturated carbocycles. The minimum absolute atomic E-state index is 0.193. The van der Waals surface area contributed by atoms with E-state index in [0.29, 0.717) is 24.1 Å². The summed E-state index contributed by atoms with van der Waals surface area (Å²) in [5.41, 5.74) is 2.97. The highest BCUT2D eigenvalue weighted by Crippen LogP contribution is 2.11. The van der Waals surface area contributed by atoms with Crippen molar-refractivity contribution in [3.63, 3.8) is 0 Å². The molecular formula is C27H28ClN3O3. The van der Waals surface area contributed by atoms with Gasteiger partial charge in [-0.05, 0) is 41.8 Å². The van der Waals surface area contributed by atoms with Gasteiger partial charge in [-0.1, -0.05) is 60.7 Å². The van der Waals surface area contributed by atoms with Gasteiger partial charge < -0.3 is 16.0 Å². The Morgan fingerprint density at radius 3 is 1.85 bits per heavy atom. The Labute approximate surface area is 204 Å². The normalized spacial score (nSPS) is 12.3. The summed E-state index contributed by atoms with van der Waals surface area (Å²) in [7, 11) is 0. The first-order chi connectivity index (χ1) is 16.4. The molecule has 0 aliphatic rings. The number of carbonyl (C=O) groups excluding carboxylic acids is 3. The monoisotopic (exact) mass is 477 g/mol. The number of rotatable bonds is 10. The van der Waals surface area contributed by atoms with Gasteiger partial charge in [-0.25, -0.2) is 0 Å². The number of benzene rings is 3. The summed E-state index contributed by atoms with van der Waals surface area (Å²) >= 11 is 6.15. The maximum atomic E-state index is 13.2. The fourth-order valence-electron chi connectivity index (χ4n) is 3.55. The van der Waals surface area contributed by atoms with E-state index in [1.54, 1.807) is 24.3 Å². The second kappa shape index (κ2) is 12.6. The highest BCUT2D eigenvalue weighted by atomic mass is 35.5. The van der Waals surface area contributed by atoms with Gasteiger partial charge in [-0.15, -0.1) is 11.6 Å². The van der Waals surface area contributed by atoms with Crippen LogP contribution < -0.4 is 16.0 Å². The third-order valence-electron chi connectivity index (χ3n) is 5.23. The molecule has 3 N–H and O–H groups in total. The fraction of sp³-hybridized carbons (Fsp3) is 0.222. The smallest absolute Gasteiger partial charge is 0.251 e. The van der Waals surface area contributed by atoms with Crippen LogP contribution in [0.15, 0.2) is 84.9 Å². The summed E-state index contributed by atoms with van der Waals surface area (Å²) < 4.78 is 0. The third-order valence-corrected chi connectivity index (χ3v) is 5.60. The van der Waals surface area contributed by atoms with Gasteiger partial charge in [0.25, 0.3) is 5.91 Å². The van der Waals surface area contributed by atoms with Crippen molar-refractivity contribution in [3.05, 3.63) is 102 Å². The Hall–Kier alpha value is -3.64. The number of amides is 3. The molecule has 6 nitrogen and oxygen atoms in total. The van der Waals surface area contributed by atoms with Crippen molar-refractivity contribution in [1.29, 1.82) is 0 Å². The summed E-state index contributed by atoms with van der Waals surface area (Å²) in [6, 6.07) is 24.7. The molecule has 7 heteroatoms. The number of hydrogen-bond donors (Lipinski definition) is 3. The second-order valence-corrected chi connectivity index (χ2v) is 8.33. The van der Waals surface area contributed by atoms with Crippen LogP contribution in [-0.2, 0) is 22.4 Å². The molecule has 0 aromatic heterocycles. The van der Waals surface area contributed by atoms with E-state index in [9.17, 15) is 14.4 Å². The summed E-state index contributed by atoms with van der Waals surface area (Å²) in [5.74, 6) is -0.622. The van der Waals surface area contributed by atoms with Crippen LogP contribution in [0.5, 0.6) is 0 Å². The van der Waals surface area contributed by atoms with Crippen LogP contribution in [0.2, 0.25) is 0 Å². The average molecular weight is 478 g/mol. The van der Waals surface area contributed by atoms with E-state index in [4.69, 9.17) is 11.6 Å². The van der Waals surface area contributed by atoms with Crippen molar-refractivity contribution in [2.24, 2.45) is 0 Å². The zero-order valence-electron chi connectivity index (χ0n) is 19.0. The molecule has 0 bridgehead atoms. The molecule has 34 heavy (non-hydrogen) atoms. The van der Waals surface area contributed by atoms with Crippen LogP contribution in [0, 0.1) is 0 Å². The molecule has 0 aliphatic heterocycles. The first-order valence-electron chi connectivity index (χ1n) is 11.1. The molecule has 3 amide bonds. The third kappa shape index (κ3) is 7.74. The lowest BCUT2D eigenvalue weighted by atomic mass is 10.0. The van der Waals surface area contributed by atoms with Crippen molar-refractivity contribution in [2.45, 2.75) is 31.8 Å². The quantitative estimate of drug-likeness (QED) is 0.386. The molecule has 0 aliphatic carbocycles. The van der Waals surface area contributed by atoms with Gasteiger partial charge >= 0.3 is 0 Å². The number of anilines is 1. The SMILES string of the molecule is CC(=O)Nc1ccc(C(=O)N[C@@H](Cc2ccccc2)C(=O)N[C@H](CCl)Cc2ccccc2)cc1. The van der Waals surface area contributed by atoms with Crippen molar-refractivity contribution in [2.75, 3.05) is 11.2 Å². The first-order valence-corrected chi connectivity index (χ1v) is 11.6. The Kier molecular flexibility index (Phi) is 9.23. The van der Waals surface area contributed by atoms with Gasteiger partial charge in [0.15, 0.2) is 0 Å². The molecule has 0 radical (unpaired) electrons. The summed E-state index contributed by atoms with van der Waals surface area (Å²) in [5, 5.41) is 8.51. The van der Waals surface area contributed by atoms with Crippen LogP contribution in [0.4, 0.5) is 5.69 Å². The van der Waals surface area contributed by atoms with Gasteiger partial charge in [0.1, 0.15) is 6.04 Å². The van der Waals surface area contributed by atoms with E-state index in [0.717, 1.165) is 11.1 Å². The number of nitrogens with one attached hydrogen (secondary N) is 3. The van der Waals surface area contributed by atoms with Crippen LogP contribution in [0.25, 0.3) is 0 Å². The van der Waals surface area contributed by atoms with Crippen molar-refractivity contribution in [3.8, 4) is 0 Å². The van der Waals surface area contributed by atoms with Crippen LogP contribution >= 0.6 is 11.6 Å². The van der Waals surface area contributed by atoms with Gasteiger partial charge in [-0.3, -0.25) is 14.4 Å². The number of hydrogen-bond acceptors (Lipinski definition) is 3. The molecule has 0 unspecified atom stereocenters. The molecular weight excluding hydrogens is 450 g/mol. The first kappa shape index (κ1) is 25.0. The summed E-state index contributed by atoms with van der Waals surface area (Å²) in [6.45, 7) is 1.42. The predicted molar refractivity (Wildman–Crippen MR) is 135 cm³/mol. The highest BCUT2D eigenvalue weighted by Gasteiger charge is 2.24. The lowest BCUT2D eigenvalue weighted by molar-refractivity contribution is -0.123. The van der Waals surface area contributed by atoms with E-state index < -0.39 is 6.04 Å². The predicted octanol–water partition coefficient (Wildman–Crippen LogP) is 3.95. The van der Waals surface area contributed by atoms with Gasteiger partial charge in [-0.2, -0.15) is 0 Å². The Bertz CT molecular complexity index is 1090. The van der Waals surface area contributed by atoms with E-state index in [1.165, 1.54) is 6.92 Å². The molecule has 3 aromatic rings. The molecule has 3 rings (SSSR count). The molecule has 0 heterocycles. The van der Waals surface area contributed by atoms with Gasteiger partial charge in [0.2, 0.25) is 11.8 Å². The van der Waals surface area contributed by atoms with Crippen LogP contribution in [0.1, 0.15) is 28.4 Å². The minimum atomic E-state index is -0.786. The molecule has 176 valence electrons. The Morgan fingerprint density at radius 1 is 0.765 bits per heavy atom. The molecule has 2 atom stereocenters. The highest BCUT2D eigenvalue weighted by molar-refractivity contribution is 6.18. The number of carbonyl (C=O) groups is 3. The van der Waals surface area contributed by atoms with Crippen LogP contribution in [-0.4, -0.2) is 35.7 Å². The van der Waals surface area contributed by atoms with E-state index in [-0.39, 0.29) is 29.6 Å². The molecule has 0 fully saturated rings. The number of halogens is 1. The standard InChI is InChI=1S/C27H28ClN3O3/c1-19(32)29-23-14-12-22(13-15-23)26(33)31-25(17-21-10-6-3-7-11-21)27(34)30-24(18-28)16-20-8-4-2-5-9-20/h2-15,24-25H,16-18H2,1H3,(H,29,32)(H,30,34)(H,31,33)/t24-,25-/m0/s1. The van der Waals surface area contributed by atoms with E-state index in [2.05, 4.69) is 16.0 Å². The Balaban J connectivity index is 1.72. The van der Waals surface area contributed by atoms with Crippen molar-refractivity contribution >= 4 is 35.0 Å². The molecule has 0 saturated heterocycles. The minimum Gasteiger partial charge on any atom is -0.350 e. The largest absolute Gasteiger partial charge is 0.350 e. The van der Waals surface area contributed by atoms with E-state index in [1.807, 2.05) is 60.7 Å². The topological polar surface area (TPSA) is 87.3 Å². The summed E-state index contributed by atoms with van der Waals surface area (Å²) in [4.78, 5) is 37.4. The zero-order valence-corrected chi connectivity index (χ0v) is 19.7. The van der Waals surface area contributed by atoms with Gasteiger partial charge in [0.05, 0.1) is 0 Å². The maximum Gasteiger partial charge on any atom is 0.251 e. The van der Waals surface area contributed by atoms with Crippen molar-refractivity contribution < 1.29 is 14.4 Å². The molecule has 0 spiro atoms.